The molecule has 0 saturated carbocycles. The molecule has 0 heterocycles. The van der Waals surface area contributed by atoms with Gasteiger partial charge in [0.2, 0.25) is 0 Å². The van der Waals surface area contributed by atoms with Crippen molar-refractivity contribution >= 4 is 17.6 Å². The zero-order chi connectivity index (χ0) is 14.3. The number of rotatable bonds is 7. The topological polar surface area (TPSA) is 116 Å². The number of benzene rings is 1. The number of esters is 1. The lowest BCUT2D eigenvalue weighted by Gasteiger charge is -2.08. The molecule has 6 nitrogen and oxygen atoms in total. The van der Waals surface area contributed by atoms with Crippen LogP contribution in [0.3, 0.4) is 0 Å². The summed E-state index contributed by atoms with van der Waals surface area (Å²) in [4.78, 5) is 21.9. The van der Waals surface area contributed by atoms with Crippen molar-refractivity contribution in [2.24, 2.45) is 5.73 Å². The molecule has 0 amide bonds. The normalized spacial score (nSPS) is 11.8. The molecule has 19 heavy (non-hydrogen) atoms. The summed E-state index contributed by atoms with van der Waals surface area (Å²) in [5.74, 6) is -1.45. The summed E-state index contributed by atoms with van der Waals surface area (Å²) in [6.45, 7) is 0.122. The van der Waals surface area contributed by atoms with Gasteiger partial charge in [0.25, 0.3) is 0 Å². The van der Waals surface area contributed by atoms with Crippen LogP contribution in [0.15, 0.2) is 24.3 Å². The summed E-state index contributed by atoms with van der Waals surface area (Å²) in [5, 5.41) is 8.57. The number of hydrogen-bond acceptors (Lipinski definition) is 5. The fraction of sp³-hybridized carbons (Fsp3) is 0.385. The molecule has 1 atom stereocenters. The van der Waals surface area contributed by atoms with E-state index < -0.39 is 12.0 Å². The van der Waals surface area contributed by atoms with Crippen LogP contribution in [0.2, 0.25) is 0 Å². The molecule has 5 N–H and O–H groups in total. The van der Waals surface area contributed by atoms with Crippen LogP contribution in [0, 0.1) is 0 Å². The Labute approximate surface area is 111 Å². The average molecular weight is 266 g/mol. The molecule has 0 bridgehead atoms. The van der Waals surface area contributed by atoms with Gasteiger partial charge < -0.3 is 21.3 Å². The molecule has 0 unspecified atom stereocenters. The molecule has 1 rings (SSSR count). The third kappa shape index (κ3) is 5.39. The van der Waals surface area contributed by atoms with Gasteiger partial charge in [0, 0.05) is 17.7 Å². The Bertz CT molecular complexity index is 448. The van der Waals surface area contributed by atoms with E-state index in [0.717, 1.165) is 5.56 Å². The van der Waals surface area contributed by atoms with Gasteiger partial charge in [-0.25, -0.2) is 0 Å². The van der Waals surface area contributed by atoms with Gasteiger partial charge in [-0.3, -0.25) is 9.59 Å². The Morgan fingerprint density at radius 3 is 2.63 bits per heavy atom. The Hall–Kier alpha value is -2.08. The number of carbonyl (C=O) groups is 2. The molecule has 0 saturated heterocycles. The molecular formula is C13H18N2O4. The first-order valence-electron chi connectivity index (χ1n) is 5.98. The highest BCUT2D eigenvalue weighted by Gasteiger charge is 2.12. The molecule has 0 radical (unpaired) electrons. The van der Waals surface area contributed by atoms with Crippen LogP contribution >= 0.6 is 0 Å². The van der Waals surface area contributed by atoms with Crippen LogP contribution in [-0.2, 0) is 20.9 Å². The van der Waals surface area contributed by atoms with E-state index in [1.165, 1.54) is 0 Å². The Morgan fingerprint density at radius 2 is 2.00 bits per heavy atom. The van der Waals surface area contributed by atoms with Crippen molar-refractivity contribution in [3.05, 3.63) is 29.8 Å². The fourth-order valence-corrected chi connectivity index (χ4v) is 1.49. The quantitative estimate of drug-likeness (QED) is 0.498. The molecule has 0 aromatic heterocycles. The predicted molar refractivity (Wildman–Crippen MR) is 70.1 cm³/mol. The van der Waals surface area contributed by atoms with Gasteiger partial charge in [-0.05, 0) is 18.9 Å². The van der Waals surface area contributed by atoms with E-state index >= 15 is 0 Å². The van der Waals surface area contributed by atoms with Crippen molar-refractivity contribution in [2.75, 3.05) is 5.73 Å². The van der Waals surface area contributed by atoms with E-state index in [1.807, 2.05) is 6.07 Å². The molecule has 0 fully saturated rings. The maximum Gasteiger partial charge on any atom is 0.320 e. The number of para-hydroxylation sites is 1. The molecule has 0 aliphatic rings. The van der Waals surface area contributed by atoms with Crippen molar-refractivity contribution in [3.8, 4) is 0 Å². The SMILES string of the molecule is Nc1ccccc1COC(=O)CCC[C@H](N)C(=O)O. The van der Waals surface area contributed by atoms with Crippen molar-refractivity contribution in [1.82, 2.24) is 0 Å². The Kier molecular flexibility index (Phi) is 5.81. The predicted octanol–water partition coefficient (Wildman–Crippen LogP) is 0.894. The lowest BCUT2D eigenvalue weighted by Crippen LogP contribution is -2.29. The Balaban J connectivity index is 2.25. The van der Waals surface area contributed by atoms with Gasteiger partial charge >= 0.3 is 11.9 Å². The number of carbonyl (C=O) groups excluding carboxylic acids is 1. The maximum absolute atomic E-state index is 11.4. The van der Waals surface area contributed by atoms with Crippen molar-refractivity contribution in [2.45, 2.75) is 31.9 Å². The summed E-state index contributed by atoms with van der Waals surface area (Å²) < 4.78 is 5.04. The number of carboxylic acid groups (broad SMARTS) is 1. The second-order valence-corrected chi connectivity index (χ2v) is 4.20. The van der Waals surface area contributed by atoms with Crippen LogP contribution < -0.4 is 11.5 Å². The molecule has 1 aromatic carbocycles. The van der Waals surface area contributed by atoms with Crippen LogP contribution in [0.1, 0.15) is 24.8 Å². The fourth-order valence-electron chi connectivity index (χ4n) is 1.49. The minimum absolute atomic E-state index is 0.122. The third-order valence-corrected chi connectivity index (χ3v) is 2.66. The number of aliphatic carboxylic acids is 1. The van der Waals surface area contributed by atoms with Crippen molar-refractivity contribution < 1.29 is 19.4 Å². The minimum Gasteiger partial charge on any atom is -0.480 e. The summed E-state index contributed by atoms with van der Waals surface area (Å²) in [6.07, 6.45) is 0.780. The van der Waals surface area contributed by atoms with E-state index in [9.17, 15) is 9.59 Å². The highest BCUT2D eigenvalue weighted by atomic mass is 16.5. The largest absolute Gasteiger partial charge is 0.480 e. The van der Waals surface area contributed by atoms with Crippen LogP contribution in [-0.4, -0.2) is 23.1 Å². The van der Waals surface area contributed by atoms with E-state index in [2.05, 4.69) is 0 Å². The van der Waals surface area contributed by atoms with E-state index in [1.54, 1.807) is 18.2 Å². The number of ether oxygens (including phenoxy) is 1. The average Bonchev–Trinajstić information content (AvgIpc) is 2.37. The van der Waals surface area contributed by atoms with Crippen molar-refractivity contribution in [1.29, 1.82) is 0 Å². The molecule has 1 aromatic rings. The highest BCUT2D eigenvalue weighted by molar-refractivity contribution is 5.73. The van der Waals surface area contributed by atoms with Gasteiger partial charge in [-0.15, -0.1) is 0 Å². The van der Waals surface area contributed by atoms with Gasteiger partial charge in [-0.2, -0.15) is 0 Å². The van der Waals surface area contributed by atoms with E-state index in [0.29, 0.717) is 12.1 Å². The molecular weight excluding hydrogens is 248 g/mol. The number of nitrogens with two attached hydrogens (primary N) is 2. The maximum atomic E-state index is 11.4. The first-order chi connectivity index (χ1) is 9.00. The second-order valence-electron chi connectivity index (χ2n) is 4.20. The molecule has 0 aliphatic heterocycles. The van der Waals surface area contributed by atoms with Crippen molar-refractivity contribution in [3.63, 3.8) is 0 Å². The smallest absolute Gasteiger partial charge is 0.320 e. The van der Waals surface area contributed by atoms with Crippen LogP contribution in [0.25, 0.3) is 0 Å². The number of anilines is 1. The zero-order valence-electron chi connectivity index (χ0n) is 10.5. The second kappa shape index (κ2) is 7.38. The van der Waals surface area contributed by atoms with Gasteiger partial charge in [0.05, 0.1) is 0 Å². The standard InChI is InChI=1S/C13H18N2O4/c14-10-5-2-1-4-9(10)8-19-12(16)7-3-6-11(15)13(17)18/h1-2,4-5,11H,3,6-8,14-15H2,(H,17,18)/t11-/m0/s1. The van der Waals surface area contributed by atoms with E-state index in [4.69, 9.17) is 21.3 Å². The first kappa shape index (κ1) is 15.0. The van der Waals surface area contributed by atoms with Crippen LogP contribution in [0.5, 0.6) is 0 Å². The molecule has 6 heteroatoms. The van der Waals surface area contributed by atoms with Gasteiger partial charge in [-0.1, -0.05) is 18.2 Å². The summed E-state index contributed by atoms with van der Waals surface area (Å²) in [5.41, 5.74) is 12.3. The minimum atomic E-state index is -1.06. The van der Waals surface area contributed by atoms with Crippen LogP contribution in [0.4, 0.5) is 5.69 Å². The molecule has 104 valence electrons. The third-order valence-electron chi connectivity index (χ3n) is 2.66. The highest BCUT2D eigenvalue weighted by Crippen LogP contribution is 2.12. The number of hydrogen-bond donors (Lipinski definition) is 3. The van der Waals surface area contributed by atoms with E-state index in [-0.39, 0.29) is 25.4 Å². The first-order valence-corrected chi connectivity index (χ1v) is 5.98. The summed E-state index contributed by atoms with van der Waals surface area (Å²) >= 11 is 0. The van der Waals surface area contributed by atoms with Gasteiger partial charge in [0.15, 0.2) is 0 Å². The zero-order valence-corrected chi connectivity index (χ0v) is 10.5. The Morgan fingerprint density at radius 1 is 1.32 bits per heavy atom. The number of carboxylic acids is 1. The molecule has 0 aliphatic carbocycles. The van der Waals surface area contributed by atoms with Gasteiger partial charge in [0.1, 0.15) is 12.6 Å². The summed E-state index contributed by atoms with van der Waals surface area (Å²) in [7, 11) is 0. The molecule has 0 spiro atoms. The summed E-state index contributed by atoms with van der Waals surface area (Å²) in [6, 6.07) is 6.19. The monoisotopic (exact) mass is 266 g/mol. The number of nitrogen functional groups attached to an aromatic ring is 1. The lowest BCUT2D eigenvalue weighted by atomic mass is 10.1. The lowest BCUT2D eigenvalue weighted by molar-refractivity contribution is -0.145.